The number of carbonyl (C=O) groups is 1. The fourth-order valence-electron chi connectivity index (χ4n) is 2.97. The highest BCUT2D eigenvalue weighted by molar-refractivity contribution is 7.17. The van der Waals surface area contributed by atoms with Crippen LogP contribution in [-0.2, 0) is 10.3 Å². The van der Waals surface area contributed by atoms with E-state index in [0.717, 1.165) is 16.7 Å². The lowest BCUT2D eigenvalue weighted by Gasteiger charge is -2.24. The van der Waals surface area contributed by atoms with Crippen molar-refractivity contribution in [1.82, 2.24) is 9.55 Å². The first-order valence-corrected chi connectivity index (χ1v) is 8.85. The molecule has 130 valence electrons. The van der Waals surface area contributed by atoms with Crippen LogP contribution in [-0.4, -0.2) is 20.6 Å². The Morgan fingerprint density at radius 1 is 1.20 bits per heavy atom. The Hall–Kier alpha value is -2.47. The number of nitrogens with zero attached hydrogens (tertiary/aromatic N) is 2. The number of rotatable bonds is 3. The maximum atomic E-state index is 13.2. The summed E-state index contributed by atoms with van der Waals surface area (Å²) in [5.74, 6) is -0.666. The van der Waals surface area contributed by atoms with Crippen molar-refractivity contribution in [2.24, 2.45) is 0 Å². The number of aliphatic carboxylic acids is 1. The molecule has 25 heavy (non-hydrogen) atoms. The van der Waals surface area contributed by atoms with Crippen molar-refractivity contribution in [2.45, 2.75) is 40.2 Å². The van der Waals surface area contributed by atoms with Gasteiger partial charge in [0, 0.05) is 10.9 Å². The highest BCUT2D eigenvalue weighted by Crippen LogP contribution is 2.32. The molecular weight excluding hydrogens is 336 g/mol. The molecule has 0 saturated carbocycles. The minimum atomic E-state index is -1.37. The molecule has 0 unspecified atom stereocenters. The summed E-state index contributed by atoms with van der Waals surface area (Å²) in [4.78, 5) is 29.9. The monoisotopic (exact) mass is 356 g/mol. The zero-order valence-corrected chi connectivity index (χ0v) is 15.7. The second-order valence-electron chi connectivity index (χ2n) is 6.79. The molecule has 0 spiro atoms. The van der Waals surface area contributed by atoms with Gasteiger partial charge in [-0.05, 0) is 51.3 Å². The van der Waals surface area contributed by atoms with Crippen LogP contribution in [0.25, 0.3) is 21.3 Å². The summed E-state index contributed by atoms with van der Waals surface area (Å²) in [6.07, 6.45) is 0. The van der Waals surface area contributed by atoms with E-state index >= 15 is 0 Å². The molecule has 5 nitrogen and oxygen atoms in total. The first-order valence-electron chi connectivity index (χ1n) is 7.97. The molecule has 1 aromatic carbocycles. The summed E-state index contributed by atoms with van der Waals surface area (Å²) in [6.45, 7) is 8.76. The summed E-state index contributed by atoms with van der Waals surface area (Å²) >= 11 is 1.40. The number of aromatic nitrogens is 2. The van der Waals surface area contributed by atoms with Gasteiger partial charge in [-0.3, -0.25) is 9.36 Å². The van der Waals surface area contributed by atoms with Crippen molar-refractivity contribution in [3.63, 3.8) is 0 Å². The summed E-state index contributed by atoms with van der Waals surface area (Å²) in [5, 5.41) is 11.9. The van der Waals surface area contributed by atoms with Crippen LogP contribution in [0.4, 0.5) is 0 Å². The number of benzene rings is 1. The third-order valence-electron chi connectivity index (χ3n) is 4.68. The molecule has 0 aliphatic heterocycles. The van der Waals surface area contributed by atoms with Crippen molar-refractivity contribution in [3.8, 4) is 11.1 Å². The Morgan fingerprint density at radius 3 is 2.48 bits per heavy atom. The largest absolute Gasteiger partial charge is 0.480 e. The van der Waals surface area contributed by atoms with Gasteiger partial charge in [-0.25, -0.2) is 9.78 Å². The quantitative estimate of drug-likeness (QED) is 0.773. The van der Waals surface area contributed by atoms with E-state index in [0.29, 0.717) is 16.0 Å². The third kappa shape index (κ3) is 2.66. The lowest BCUT2D eigenvalue weighted by Crippen LogP contribution is -2.44. The van der Waals surface area contributed by atoms with Crippen molar-refractivity contribution in [3.05, 3.63) is 50.9 Å². The number of fused-ring (bicyclic) bond motifs is 1. The van der Waals surface area contributed by atoms with Crippen LogP contribution in [0.1, 0.15) is 30.8 Å². The second kappa shape index (κ2) is 5.81. The molecule has 0 amide bonds. The van der Waals surface area contributed by atoms with Crippen LogP contribution < -0.4 is 5.56 Å². The normalized spacial score (nSPS) is 11.9. The maximum Gasteiger partial charge on any atom is 0.329 e. The Balaban J connectivity index is 2.36. The predicted octanol–water partition coefficient (Wildman–Crippen LogP) is 3.87. The zero-order valence-electron chi connectivity index (χ0n) is 14.9. The van der Waals surface area contributed by atoms with Gasteiger partial charge >= 0.3 is 5.97 Å². The molecule has 3 aromatic rings. The van der Waals surface area contributed by atoms with Gasteiger partial charge in [0.05, 0.1) is 5.39 Å². The van der Waals surface area contributed by atoms with E-state index in [-0.39, 0.29) is 5.56 Å². The highest BCUT2D eigenvalue weighted by Gasteiger charge is 2.33. The Kier molecular flexibility index (Phi) is 4.03. The number of carboxylic acid groups (broad SMARTS) is 1. The van der Waals surface area contributed by atoms with Crippen molar-refractivity contribution in [1.29, 1.82) is 0 Å². The van der Waals surface area contributed by atoms with Gasteiger partial charge in [-0.2, -0.15) is 0 Å². The van der Waals surface area contributed by atoms with Crippen molar-refractivity contribution in [2.75, 3.05) is 0 Å². The first-order chi connectivity index (χ1) is 11.6. The maximum absolute atomic E-state index is 13.2. The Bertz CT molecular complexity index is 1060. The van der Waals surface area contributed by atoms with E-state index in [1.54, 1.807) is 6.92 Å². The summed E-state index contributed by atoms with van der Waals surface area (Å²) in [6, 6.07) is 6.05. The molecule has 0 atom stereocenters. The lowest BCUT2D eigenvalue weighted by molar-refractivity contribution is -0.145. The lowest BCUT2D eigenvalue weighted by atomic mass is 10.0. The molecule has 0 saturated heterocycles. The van der Waals surface area contributed by atoms with Crippen LogP contribution in [0.15, 0.2) is 28.4 Å². The molecule has 6 heteroatoms. The molecule has 0 fully saturated rings. The Labute approximate surface area is 149 Å². The molecule has 2 heterocycles. The van der Waals surface area contributed by atoms with E-state index in [1.807, 2.05) is 37.4 Å². The average molecular weight is 356 g/mol. The van der Waals surface area contributed by atoms with Gasteiger partial charge in [0.1, 0.15) is 16.2 Å². The number of hydrogen-bond donors (Lipinski definition) is 1. The summed E-state index contributed by atoms with van der Waals surface area (Å²) in [5.41, 5.74) is 2.38. The fraction of sp³-hybridized carbons (Fsp3) is 0.316. The van der Waals surface area contributed by atoms with E-state index < -0.39 is 11.5 Å². The smallest absolute Gasteiger partial charge is 0.329 e. The summed E-state index contributed by atoms with van der Waals surface area (Å²) < 4.78 is 1.27. The third-order valence-corrected chi connectivity index (χ3v) is 5.55. The SMILES string of the molecule is Cc1ccc(-c2csc3nc(C)n(C(C)(C)C(=O)O)c(=O)c23)cc1C. The van der Waals surface area contributed by atoms with Gasteiger partial charge < -0.3 is 5.11 Å². The number of hydrogen-bond acceptors (Lipinski definition) is 4. The Morgan fingerprint density at radius 2 is 1.88 bits per heavy atom. The molecule has 0 aliphatic carbocycles. The number of aryl methyl sites for hydroxylation is 3. The van der Waals surface area contributed by atoms with Crippen LogP contribution in [0.5, 0.6) is 0 Å². The number of thiophene rings is 1. The van der Waals surface area contributed by atoms with Gasteiger partial charge in [-0.1, -0.05) is 18.2 Å². The van der Waals surface area contributed by atoms with E-state index in [9.17, 15) is 14.7 Å². The van der Waals surface area contributed by atoms with Crippen LogP contribution in [0.2, 0.25) is 0 Å². The van der Waals surface area contributed by atoms with Crippen LogP contribution in [0, 0.1) is 20.8 Å². The predicted molar refractivity (Wildman–Crippen MR) is 100 cm³/mol. The molecule has 0 bridgehead atoms. The standard InChI is InChI=1S/C19H20N2O3S/c1-10-6-7-13(8-11(10)2)14-9-25-16-15(14)17(22)21(12(3)20-16)19(4,5)18(23)24/h6-9H,1-5H3,(H,23,24). The zero-order chi connectivity index (χ0) is 18.5. The molecule has 0 aliphatic rings. The van der Waals surface area contributed by atoms with E-state index in [4.69, 9.17) is 0 Å². The second-order valence-corrected chi connectivity index (χ2v) is 7.65. The van der Waals surface area contributed by atoms with Gasteiger partial charge in [0.15, 0.2) is 0 Å². The van der Waals surface area contributed by atoms with Crippen molar-refractivity contribution >= 4 is 27.5 Å². The van der Waals surface area contributed by atoms with E-state index in [2.05, 4.69) is 4.98 Å². The number of carboxylic acids is 1. The minimum Gasteiger partial charge on any atom is -0.480 e. The molecular formula is C19H20N2O3S. The topological polar surface area (TPSA) is 72.2 Å². The molecule has 2 aromatic heterocycles. The van der Waals surface area contributed by atoms with Gasteiger partial charge in [0.25, 0.3) is 5.56 Å². The highest BCUT2D eigenvalue weighted by atomic mass is 32.1. The molecule has 0 radical (unpaired) electrons. The van der Waals surface area contributed by atoms with Crippen LogP contribution >= 0.6 is 11.3 Å². The van der Waals surface area contributed by atoms with Crippen LogP contribution in [0.3, 0.4) is 0 Å². The van der Waals surface area contributed by atoms with Gasteiger partial charge in [0.2, 0.25) is 0 Å². The fourth-order valence-corrected chi connectivity index (χ4v) is 3.95. The van der Waals surface area contributed by atoms with Crippen molar-refractivity contribution < 1.29 is 9.90 Å². The first kappa shape index (κ1) is 17.4. The molecule has 3 rings (SSSR count). The average Bonchev–Trinajstić information content (AvgIpc) is 2.93. The minimum absolute atomic E-state index is 0.315. The molecule has 1 N–H and O–H groups in total. The summed E-state index contributed by atoms with van der Waals surface area (Å²) in [7, 11) is 0. The van der Waals surface area contributed by atoms with E-state index in [1.165, 1.54) is 35.3 Å². The van der Waals surface area contributed by atoms with Gasteiger partial charge in [-0.15, -0.1) is 11.3 Å².